The smallest absolute Gasteiger partial charge is 0.414 e. The van der Waals surface area contributed by atoms with Crippen LogP contribution in [0, 0.1) is 11.8 Å². The van der Waals surface area contributed by atoms with Crippen molar-refractivity contribution in [1.82, 2.24) is 0 Å². The van der Waals surface area contributed by atoms with Crippen LogP contribution >= 0.6 is 0 Å². The fourth-order valence-electron chi connectivity index (χ4n) is 3.59. The van der Waals surface area contributed by atoms with Crippen LogP contribution in [0.4, 0.5) is 16.2 Å². The molecule has 1 aromatic carbocycles. The molecule has 0 bridgehead atoms. The molecule has 7 heteroatoms. The zero-order valence-corrected chi connectivity index (χ0v) is 14.6. The number of fused-ring (bicyclic) bond motifs is 1. The lowest BCUT2D eigenvalue weighted by Gasteiger charge is -2.29. The first-order valence-corrected chi connectivity index (χ1v) is 8.68. The predicted molar refractivity (Wildman–Crippen MR) is 96.1 cm³/mol. The van der Waals surface area contributed by atoms with Gasteiger partial charge in [0, 0.05) is 12.2 Å². The van der Waals surface area contributed by atoms with Crippen LogP contribution in [0.3, 0.4) is 0 Å². The van der Waals surface area contributed by atoms with Crippen molar-refractivity contribution in [2.24, 2.45) is 11.8 Å². The summed E-state index contributed by atoms with van der Waals surface area (Å²) in [6, 6.07) is 5.36. The zero-order valence-electron chi connectivity index (χ0n) is 14.6. The van der Waals surface area contributed by atoms with E-state index in [0.29, 0.717) is 25.1 Å². The Labute approximate surface area is 151 Å². The maximum Gasteiger partial charge on any atom is 0.414 e. The molecule has 2 aliphatic rings. The van der Waals surface area contributed by atoms with Crippen LogP contribution in [0.15, 0.2) is 30.4 Å². The summed E-state index contributed by atoms with van der Waals surface area (Å²) in [5.41, 5.74) is 2.35. The van der Waals surface area contributed by atoms with E-state index in [0.717, 1.165) is 24.1 Å². The molecular formula is C19H22N2O5. The van der Waals surface area contributed by atoms with E-state index < -0.39 is 23.9 Å². The topological polar surface area (TPSA) is 95.9 Å². The number of carboxylic acids is 1. The minimum absolute atomic E-state index is 0.290. The molecule has 1 aliphatic heterocycles. The quantitative estimate of drug-likeness (QED) is 0.810. The molecule has 26 heavy (non-hydrogen) atoms. The monoisotopic (exact) mass is 358 g/mol. The molecule has 0 saturated carbocycles. The highest BCUT2D eigenvalue weighted by Gasteiger charge is 2.34. The number of methoxy groups -OCH3 is 1. The van der Waals surface area contributed by atoms with E-state index in [2.05, 4.69) is 5.32 Å². The van der Waals surface area contributed by atoms with Crippen LogP contribution in [-0.4, -0.2) is 36.7 Å². The lowest BCUT2D eigenvalue weighted by atomic mass is 9.82. The van der Waals surface area contributed by atoms with Gasteiger partial charge >= 0.3 is 12.1 Å². The second kappa shape index (κ2) is 7.59. The average Bonchev–Trinajstić information content (AvgIpc) is 2.66. The molecule has 0 saturated heterocycles. The second-order valence-corrected chi connectivity index (χ2v) is 6.55. The number of aliphatic carboxylic acids is 1. The number of hydrogen-bond acceptors (Lipinski definition) is 4. The Bertz CT molecular complexity index is 758. The van der Waals surface area contributed by atoms with E-state index in [4.69, 9.17) is 4.74 Å². The number of nitrogens with zero attached hydrogens (tertiary/aromatic N) is 1. The first kappa shape index (κ1) is 18.0. The molecule has 2 amide bonds. The summed E-state index contributed by atoms with van der Waals surface area (Å²) in [5, 5.41) is 12.2. The molecule has 2 N–H and O–H groups in total. The standard InChI is InChI=1S/C19H22N2O5/c1-26-19(25)21-10-4-5-12-11-13(8-9-16(12)21)20-17(22)14-6-2-3-7-15(14)18(23)24/h2-3,8-9,11,14-15H,4-7,10H2,1H3,(H,20,22)(H,23,24)/t14-,15-/m0/s1. The van der Waals surface area contributed by atoms with Gasteiger partial charge in [0.1, 0.15) is 0 Å². The maximum absolute atomic E-state index is 12.6. The van der Waals surface area contributed by atoms with Gasteiger partial charge in [0.2, 0.25) is 5.91 Å². The van der Waals surface area contributed by atoms with Crippen LogP contribution in [0.1, 0.15) is 24.8 Å². The highest BCUT2D eigenvalue weighted by atomic mass is 16.5. The molecule has 0 spiro atoms. The second-order valence-electron chi connectivity index (χ2n) is 6.55. The number of carbonyl (C=O) groups excluding carboxylic acids is 2. The van der Waals surface area contributed by atoms with E-state index in [1.807, 2.05) is 18.2 Å². The van der Waals surface area contributed by atoms with Gasteiger partial charge in [0.05, 0.1) is 24.6 Å². The summed E-state index contributed by atoms with van der Waals surface area (Å²) in [4.78, 5) is 37.4. The Balaban J connectivity index is 1.77. The summed E-state index contributed by atoms with van der Waals surface area (Å²) < 4.78 is 4.81. The fourth-order valence-corrected chi connectivity index (χ4v) is 3.59. The largest absolute Gasteiger partial charge is 0.481 e. The number of allylic oxidation sites excluding steroid dienone is 2. The molecule has 1 aromatic rings. The van der Waals surface area contributed by atoms with Crippen molar-refractivity contribution in [2.45, 2.75) is 25.7 Å². The number of anilines is 2. The van der Waals surface area contributed by atoms with E-state index in [1.54, 1.807) is 17.0 Å². The van der Waals surface area contributed by atoms with Crippen LogP contribution < -0.4 is 10.2 Å². The number of hydrogen-bond donors (Lipinski definition) is 2. The summed E-state index contributed by atoms with van der Waals surface area (Å²) in [6.07, 6.45) is 5.66. The SMILES string of the molecule is COC(=O)N1CCCc2cc(NC(=O)[C@H]3CC=CC[C@@H]3C(=O)O)ccc21. The van der Waals surface area contributed by atoms with E-state index in [1.165, 1.54) is 7.11 Å². The molecule has 0 radical (unpaired) electrons. The van der Waals surface area contributed by atoms with Crippen molar-refractivity contribution < 1.29 is 24.2 Å². The van der Waals surface area contributed by atoms with Gasteiger partial charge in [-0.2, -0.15) is 0 Å². The highest BCUT2D eigenvalue weighted by molar-refractivity contribution is 5.96. The number of amides is 2. The number of carbonyl (C=O) groups is 3. The number of rotatable bonds is 3. The van der Waals surface area contributed by atoms with Gasteiger partial charge in [-0.15, -0.1) is 0 Å². The first-order valence-electron chi connectivity index (χ1n) is 8.68. The van der Waals surface area contributed by atoms with Crippen molar-refractivity contribution in [1.29, 1.82) is 0 Å². The number of benzene rings is 1. The Kier molecular flexibility index (Phi) is 5.25. The minimum atomic E-state index is -0.950. The number of carboxylic acid groups (broad SMARTS) is 1. The van der Waals surface area contributed by atoms with Gasteiger partial charge in [0.15, 0.2) is 0 Å². The molecule has 2 atom stereocenters. The van der Waals surface area contributed by atoms with Gasteiger partial charge in [-0.05, 0) is 49.4 Å². The summed E-state index contributed by atoms with van der Waals surface area (Å²) in [5.74, 6) is -2.52. The molecule has 0 aromatic heterocycles. The molecule has 0 fully saturated rings. The number of nitrogens with one attached hydrogen (secondary N) is 1. The van der Waals surface area contributed by atoms with Crippen molar-refractivity contribution in [3.05, 3.63) is 35.9 Å². The van der Waals surface area contributed by atoms with Gasteiger partial charge < -0.3 is 15.2 Å². The minimum Gasteiger partial charge on any atom is -0.481 e. The maximum atomic E-state index is 12.6. The first-order chi connectivity index (χ1) is 12.5. The number of ether oxygens (including phenoxy) is 1. The molecule has 7 nitrogen and oxygen atoms in total. The normalized spacial score (nSPS) is 21.7. The number of aryl methyl sites for hydroxylation is 1. The van der Waals surface area contributed by atoms with Crippen molar-refractivity contribution in [2.75, 3.05) is 23.9 Å². The summed E-state index contributed by atoms with van der Waals surface area (Å²) >= 11 is 0. The third-order valence-electron chi connectivity index (χ3n) is 4.95. The molecule has 3 rings (SSSR count). The molecule has 0 unspecified atom stereocenters. The molecule has 138 valence electrons. The molecule has 1 heterocycles. The van der Waals surface area contributed by atoms with Gasteiger partial charge in [0.25, 0.3) is 0 Å². The lowest BCUT2D eigenvalue weighted by Crippen LogP contribution is -2.36. The van der Waals surface area contributed by atoms with Crippen LogP contribution in [0.5, 0.6) is 0 Å². The van der Waals surface area contributed by atoms with E-state index >= 15 is 0 Å². The van der Waals surface area contributed by atoms with E-state index in [-0.39, 0.29) is 5.91 Å². The third-order valence-corrected chi connectivity index (χ3v) is 4.95. The van der Waals surface area contributed by atoms with Gasteiger partial charge in [-0.25, -0.2) is 4.79 Å². The Morgan fingerprint density at radius 3 is 2.62 bits per heavy atom. The highest BCUT2D eigenvalue weighted by Crippen LogP contribution is 2.31. The fraction of sp³-hybridized carbons (Fsp3) is 0.421. The Morgan fingerprint density at radius 1 is 1.19 bits per heavy atom. The van der Waals surface area contributed by atoms with Crippen molar-refractivity contribution in [3.63, 3.8) is 0 Å². The van der Waals surface area contributed by atoms with E-state index in [9.17, 15) is 19.5 Å². The summed E-state index contributed by atoms with van der Waals surface area (Å²) in [6.45, 7) is 0.597. The van der Waals surface area contributed by atoms with Crippen molar-refractivity contribution in [3.8, 4) is 0 Å². The zero-order chi connectivity index (χ0) is 18.7. The van der Waals surface area contributed by atoms with Crippen molar-refractivity contribution >= 4 is 29.3 Å². The Hall–Kier alpha value is -2.83. The van der Waals surface area contributed by atoms with Crippen LogP contribution in [-0.2, 0) is 20.7 Å². The average molecular weight is 358 g/mol. The van der Waals surface area contributed by atoms with Crippen LogP contribution in [0.2, 0.25) is 0 Å². The van der Waals surface area contributed by atoms with Crippen LogP contribution in [0.25, 0.3) is 0 Å². The van der Waals surface area contributed by atoms with Gasteiger partial charge in [-0.3, -0.25) is 14.5 Å². The predicted octanol–water partition coefficient (Wildman–Crippen LogP) is 2.81. The lowest BCUT2D eigenvalue weighted by molar-refractivity contribution is -0.146. The summed E-state index contributed by atoms with van der Waals surface area (Å²) in [7, 11) is 1.35. The molecule has 1 aliphatic carbocycles. The third kappa shape index (κ3) is 3.56. The van der Waals surface area contributed by atoms with Gasteiger partial charge in [-0.1, -0.05) is 12.2 Å². The Morgan fingerprint density at radius 2 is 1.92 bits per heavy atom. The molecular weight excluding hydrogens is 336 g/mol.